The van der Waals surface area contributed by atoms with Crippen LogP contribution in [0.15, 0.2) is 36.9 Å². The summed E-state index contributed by atoms with van der Waals surface area (Å²) in [6.07, 6.45) is 3.94. The Morgan fingerprint density at radius 2 is 1.81 bits per heavy atom. The monoisotopic (exact) mass is 378 g/mol. The molecular weight excluding hydrogens is 363 g/mol. The summed E-state index contributed by atoms with van der Waals surface area (Å²) in [4.78, 5) is 0. The van der Waals surface area contributed by atoms with Gasteiger partial charge in [-0.15, -0.1) is 6.58 Å². The summed E-state index contributed by atoms with van der Waals surface area (Å²) in [5.74, 6) is 1.10. The third kappa shape index (κ3) is 4.13. The molecule has 0 bridgehead atoms. The summed E-state index contributed by atoms with van der Waals surface area (Å²) in [5.41, 5.74) is 1.49. The van der Waals surface area contributed by atoms with Crippen molar-refractivity contribution >= 4 is 0 Å². The van der Waals surface area contributed by atoms with Crippen LogP contribution in [-0.2, 0) is 12.8 Å². The van der Waals surface area contributed by atoms with Crippen molar-refractivity contribution in [1.29, 1.82) is 0 Å². The average molecular weight is 378 g/mol. The number of alkyl halides is 2. The fourth-order valence-electron chi connectivity index (χ4n) is 3.11. The molecule has 0 saturated carbocycles. The van der Waals surface area contributed by atoms with Gasteiger partial charge in [-0.3, -0.25) is 0 Å². The van der Waals surface area contributed by atoms with Crippen molar-refractivity contribution < 1.29 is 26.7 Å². The third-order valence-electron chi connectivity index (χ3n) is 4.47. The number of halogens is 5. The number of allylic oxidation sites excluding steroid dienone is 1. The van der Waals surface area contributed by atoms with Crippen molar-refractivity contribution in [2.24, 2.45) is 5.92 Å². The Morgan fingerprint density at radius 1 is 1.11 bits per heavy atom. The molecular formula is C21H15F5O. The second kappa shape index (κ2) is 7.83. The lowest BCUT2D eigenvalue weighted by Crippen LogP contribution is -2.14. The van der Waals surface area contributed by atoms with E-state index in [1.54, 1.807) is 6.07 Å². The first-order valence-electron chi connectivity index (χ1n) is 8.27. The predicted octanol–water partition coefficient (Wildman–Crippen LogP) is 5.40. The van der Waals surface area contributed by atoms with E-state index < -0.39 is 29.8 Å². The summed E-state index contributed by atoms with van der Waals surface area (Å²) in [6.45, 7) is 0.418. The molecule has 2 aromatic carbocycles. The van der Waals surface area contributed by atoms with Crippen LogP contribution in [0, 0.1) is 35.2 Å². The van der Waals surface area contributed by atoms with E-state index in [4.69, 9.17) is 0 Å². The van der Waals surface area contributed by atoms with Gasteiger partial charge in [-0.05, 0) is 54.5 Å². The van der Waals surface area contributed by atoms with Gasteiger partial charge in [0.05, 0.1) is 5.56 Å². The molecule has 3 rings (SSSR count). The van der Waals surface area contributed by atoms with E-state index in [0.717, 1.165) is 24.1 Å². The number of benzene rings is 2. The summed E-state index contributed by atoms with van der Waals surface area (Å²) in [6, 6.07) is 4.84. The predicted molar refractivity (Wildman–Crippen MR) is 91.1 cm³/mol. The Balaban J connectivity index is 1.89. The Kier molecular flexibility index (Phi) is 5.50. The van der Waals surface area contributed by atoms with Crippen molar-refractivity contribution in [3.63, 3.8) is 0 Å². The molecule has 0 aliphatic heterocycles. The van der Waals surface area contributed by atoms with Gasteiger partial charge in [0.2, 0.25) is 0 Å². The van der Waals surface area contributed by atoms with Crippen molar-refractivity contribution in [1.82, 2.24) is 0 Å². The van der Waals surface area contributed by atoms with E-state index in [2.05, 4.69) is 23.2 Å². The second-order valence-corrected chi connectivity index (χ2v) is 6.20. The number of fused-ring (bicyclic) bond motifs is 1. The lowest BCUT2D eigenvalue weighted by molar-refractivity contribution is -0.0546. The summed E-state index contributed by atoms with van der Waals surface area (Å²) >= 11 is 0. The molecule has 1 aliphatic carbocycles. The number of hydrogen-bond donors (Lipinski definition) is 0. The van der Waals surface area contributed by atoms with Crippen molar-refractivity contribution in [2.75, 3.05) is 0 Å². The van der Waals surface area contributed by atoms with E-state index in [1.165, 1.54) is 6.07 Å². The highest BCUT2D eigenvalue weighted by Crippen LogP contribution is 2.29. The van der Waals surface area contributed by atoms with E-state index in [0.29, 0.717) is 24.3 Å². The first kappa shape index (κ1) is 19.0. The zero-order valence-electron chi connectivity index (χ0n) is 14.2. The van der Waals surface area contributed by atoms with Gasteiger partial charge in [0.15, 0.2) is 17.4 Å². The molecule has 0 saturated heterocycles. The standard InChI is InChI=1S/C21H15F5O/c1-2-12-4-8-16-15(9-12)7-6-14(19(16)24)5-3-13-10-17(22)20(18(23)11-13)27-21(25)26/h2,6-7,10-12,21H,1,4,8-9H2. The lowest BCUT2D eigenvalue weighted by atomic mass is 9.83. The summed E-state index contributed by atoms with van der Waals surface area (Å²) in [5, 5.41) is 0. The third-order valence-corrected chi connectivity index (χ3v) is 4.47. The lowest BCUT2D eigenvalue weighted by Gasteiger charge is -2.22. The molecule has 2 aromatic rings. The smallest absolute Gasteiger partial charge is 0.387 e. The van der Waals surface area contributed by atoms with Crippen molar-refractivity contribution in [3.05, 3.63) is 76.6 Å². The fourth-order valence-corrected chi connectivity index (χ4v) is 3.11. The molecule has 27 heavy (non-hydrogen) atoms. The molecule has 140 valence electrons. The molecule has 1 aliphatic rings. The molecule has 0 aromatic heterocycles. The van der Waals surface area contributed by atoms with E-state index >= 15 is 0 Å². The van der Waals surface area contributed by atoms with Crippen molar-refractivity contribution in [2.45, 2.75) is 25.9 Å². The van der Waals surface area contributed by atoms with Crippen LogP contribution in [0.4, 0.5) is 22.0 Å². The first-order valence-corrected chi connectivity index (χ1v) is 8.27. The Morgan fingerprint density at radius 3 is 2.44 bits per heavy atom. The van der Waals surface area contributed by atoms with Crippen LogP contribution >= 0.6 is 0 Å². The van der Waals surface area contributed by atoms with Gasteiger partial charge >= 0.3 is 6.61 Å². The average Bonchev–Trinajstić information content (AvgIpc) is 2.63. The summed E-state index contributed by atoms with van der Waals surface area (Å²) in [7, 11) is 0. The van der Waals surface area contributed by atoms with E-state index in [-0.39, 0.29) is 11.1 Å². The molecule has 0 N–H and O–H groups in total. The van der Waals surface area contributed by atoms with Crippen molar-refractivity contribution in [3.8, 4) is 17.6 Å². The number of hydrogen-bond acceptors (Lipinski definition) is 1. The molecule has 0 amide bonds. The highest BCUT2D eigenvalue weighted by atomic mass is 19.3. The SMILES string of the molecule is C=CC1CCc2c(ccc(C#Cc3cc(F)c(OC(F)F)c(F)c3)c2F)C1. The minimum Gasteiger partial charge on any atom is -0.429 e. The van der Waals surface area contributed by atoms with Crippen LogP contribution in [0.2, 0.25) is 0 Å². The van der Waals surface area contributed by atoms with Gasteiger partial charge in [-0.25, -0.2) is 13.2 Å². The van der Waals surface area contributed by atoms with Crippen LogP contribution in [0.3, 0.4) is 0 Å². The maximum Gasteiger partial charge on any atom is 0.387 e. The van der Waals surface area contributed by atoms with Gasteiger partial charge < -0.3 is 4.74 Å². The summed E-state index contributed by atoms with van der Waals surface area (Å²) < 4.78 is 70.2. The van der Waals surface area contributed by atoms with Gasteiger partial charge in [0.25, 0.3) is 0 Å². The fraction of sp³-hybridized carbons (Fsp3) is 0.238. The Hall–Kier alpha value is -2.81. The molecule has 1 unspecified atom stereocenters. The molecule has 1 nitrogen and oxygen atoms in total. The zero-order chi connectivity index (χ0) is 19.6. The minimum absolute atomic E-state index is 0.111. The van der Waals surface area contributed by atoms with Gasteiger partial charge in [-0.1, -0.05) is 24.0 Å². The normalized spacial score (nSPS) is 15.7. The first-order chi connectivity index (χ1) is 12.9. The van der Waals surface area contributed by atoms with E-state index in [9.17, 15) is 22.0 Å². The van der Waals surface area contributed by atoms with Gasteiger partial charge in [0.1, 0.15) is 5.82 Å². The van der Waals surface area contributed by atoms with Crippen LogP contribution < -0.4 is 4.74 Å². The molecule has 0 spiro atoms. The van der Waals surface area contributed by atoms with Crippen LogP contribution in [0.1, 0.15) is 28.7 Å². The number of rotatable bonds is 3. The molecule has 0 radical (unpaired) electrons. The van der Waals surface area contributed by atoms with E-state index in [1.807, 2.05) is 6.08 Å². The quantitative estimate of drug-likeness (QED) is 0.395. The zero-order valence-corrected chi connectivity index (χ0v) is 14.2. The largest absolute Gasteiger partial charge is 0.429 e. The number of ether oxygens (including phenoxy) is 1. The van der Waals surface area contributed by atoms with Gasteiger partial charge in [-0.2, -0.15) is 8.78 Å². The van der Waals surface area contributed by atoms with Crippen LogP contribution in [0.25, 0.3) is 0 Å². The van der Waals surface area contributed by atoms with Crippen LogP contribution in [0.5, 0.6) is 5.75 Å². The molecule has 6 heteroatoms. The maximum absolute atomic E-state index is 14.7. The Labute approximate surface area is 153 Å². The molecule has 0 fully saturated rings. The minimum atomic E-state index is -3.35. The van der Waals surface area contributed by atoms with Gasteiger partial charge in [0, 0.05) is 5.56 Å². The maximum atomic E-state index is 14.7. The van der Waals surface area contributed by atoms with Crippen LogP contribution in [-0.4, -0.2) is 6.61 Å². The second-order valence-electron chi connectivity index (χ2n) is 6.20. The molecule has 1 atom stereocenters. The molecule has 0 heterocycles. The highest BCUT2D eigenvalue weighted by Gasteiger charge is 2.21. The topological polar surface area (TPSA) is 9.23 Å². The Bertz CT molecular complexity index is 917. The highest BCUT2D eigenvalue weighted by molar-refractivity contribution is 5.49.